The Morgan fingerprint density at radius 1 is 1.19 bits per heavy atom. The van der Waals surface area contributed by atoms with Crippen molar-refractivity contribution >= 4 is 29.3 Å². The summed E-state index contributed by atoms with van der Waals surface area (Å²) in [7, 11) is 0. The molecule has 0 spiro atoms. The Morgan fingerprint density at radius 2 is 1.88 bits per heavy atom. The van der Waals surface area contributed by atoms with Gasteiger partial charge in [0, 0.05) is 16.8 Å². The van der Waals surface area contributed by atoms with E-state index < -0.39 is 17.9 Å². The molecule has 0 saturated heterocycles. The van der Waals surface area contributed by atoms with Crippen molar-refractivity contribution in [2.45, 2.75) is 26.3 Å². The van der Waals surface area contributed by atoms with Gasteiger partial charge < -0.3 is 15.4 Å². The minimum atomic E-state index is -0.864. The molecular formula is C23H21FN4O4. The van der Waals surface area contributed by atoms with E-state index in [1.165, 1.54) is 16.8 Å². The number of rotatable bonds is 5. The first-order valence-corrected chi connectivity index (χ1v) is 10.1. The van der Waals surface area contributed by atoms with Crippen LogP contribution in [0.15, 0.2) is 48.5 Å². The molecule has 0 radical (unpaired) electrons. The smallest absolute Gasteiger partial charge is 0.338 e. The maximum atomic E-state index is 13.3. The van der Waals surface area contributed by atoms with Gasteiger partial charge in [0.2, 0.25) is 11.8 Å². The third-order valence-electron chi connectivity index (χ3n) is 5.16. The van der Waals surface area contributed by atoms with Gasteiger partial charge in [0.25, 0.3) is 0 Å². The van der Waals surface area contributed by atoms with Crippen LogP contribution in [0, 0.1) is 12.7 Å². The third-order valence-corrected chi connectivity index (χ3v) is 5.16. The van der Waals surface area contributed by atoms with Crippen LogP contribution in [0.1, 0.15) is 35.3 Å². The first-order valence-electron chi connectivity index (χ1n) is 10.1. The number of nitrogens with zero attached hydrogens (tertiary/aromatic N) is 2. The summed E-state index contributed by atoms with van der Waals surface area (Å²) in [6, 6.07) is 11.3. The van der Waals surface area contributed by atoms with Crippen LogP contribution >= 0.6 is 0 Å². The number of aromatic nitrogens is 2. The highest BCUT2D eigenvalue weighted by molar-refractivity contribution is 6.02. The van der Waals surface area contributed by atoms with Crippen molar-refractivity contribution in [1.29, 1.82) is 0 Å². The van der Waals surface area contributed by atoms with Crippen LogP contribution in [-0.2, 0) is 14.3 Å². The second-order valence-electron chi connectivity index (χ2n) is 7.33. The van der Waals surface area contributed by atoms with E-state index in [1.807, 2.05) is 0 Å². The average Bonchev–Trinajstić information content (AvgIpc) is 3.10. The summed E-state index contributed by atoms with van der Waals surface area (Å²) in [6.07, 6.45) is -0.0796. The molecule has 1 aliphatic heterocycles. The molecule has 32 heavy (non-hydrogen) atoms. The number of fused-ring (bicyclic) bond motifs is 1. The number of nitrogens with one attached hydrogen (secondary N) is 2. The molecule has 164 valence electrons. The molecule has 2 amide bonds. The number of hydrogen-bond donors (Lipinski definition) is 2. The molecule has 0 aliphatic carbocycles. The highest BCUT2D eigenvalue weighted by Gasteiger charge is 2.34. The van der Waals surface area contributed by atoms with Gasteiger partial charge in [-0.05, 0) is 62.4 Å². The molecule has 2 heterocycles. The predicted molar refractivity (Wildman–Crippen MR) is 116 cm³/mol. The van der Waals surface area contributed by atoms with E-state index in [9.17, 15) is 18.8 Å². The van der Waals surface area contributed by atoms with Crippen LogP contribution < -0.4 is 10.6 Å². The lowest BCUT2D eigenvalue weighted by Crippen LogP contribution is -2.35. The van der Waals surface area contributed by atoms with Crippen LogP contribution in [0.25, 0.3) is 11.3 Å². The van der Waals surface area contributed by atoms with Crippen molar-refractivity contribution in [3.8, 4) is 11.3 Å². The standard InChI is InChI=1S/C23H21FN4O4/c1-3-32-23(31)15-6-10-17(11-7-15)25-22(30)18-12-19(29)26-21-13(2)20(27-28(18)21)14-4-8-16(24)9-5-14/h4-11,18H,3,12H2,1-2H3,(H,25,30)(H,26,29)/t18-/m1/s1. The highest BCUT2D eigenvalue weighted by atomic mass is 19.1. The summed E-state index contributed by atoms with van der Waals surface area (Å²) in [5, 5.41) is 10.1. The fourth-order valence-corrected chi connectivity index (χ4v) is 3.55. The Bertz CT molecular complexity index is 1190. The number of anilines is 2. The summed E-state index contributed by atoms with van der Waals surface area (Å²) < 4.78 is 19.7. The van der Waals surface area contributed by atoms with Crippen molar-refractivity contribution in [2.75, 3.05) is 17.2 Å². The van der Waals surface area contributed by atoms with E-state index in [4.69, 9.17) is 4.74 Å². The number of benzene rings is 2. The van der Waals surface area contributed by atoms with Gasteiger partial charge in [-0.3, -0.25) is 9.59 Å². The monoisotopic (exact) mass is 436 g/mol. The van der Waals surface area contributed by atoms with E-state index in [0.717, 1.165) is 0 Å². The molecule has 2 N–H and O–H groups in total. The molecule has 9 heteroatoms. The van der Waals surface area contributed by atoms with Gasteiger partial charge in [0.1, 0.15) is 17.7 Å². The lowest BCUT2D eigenvalue weighted by Gasteiger charge is -2.24. The number of esters is 1. The third kappa shape index (κ3) is 4.09. The average molecular weight is 436 g/mol. The SMILES string of the molecule is CCOC(=O)c1ccc(NC(=O)[C@H]2CC(=O)Nc3c(C)c(-c4ccc(F)cc4)nn32)cc1. The van der Waals surface area contributed by atoms with E-state index >= 15 is 0 Å². The fourth-order valence-electron chi connectivity index (χ4n) is 3.55. The van der Waals surface area contributed by atoms with Crippen LogP contribution in [-0.4, -0.2) is 34.2 Å². The van der Waals surface area contributed by atoms with Crippen LogP contribution in [0.5, 0.6) is 0 Å². The summed E-state index contributed by atoms with van der Waals surface area (Å²) in [6.45, 7) is 3.78. The van der Waals surface area contributed by atoms with Gasteiger partial charge >= 0.3 is 5.97 Å². The van der Waals surface area contributed by atoms with E-state index in [1.54, 1.807) is 50.2 Å². The zero-order valence-corrected chi connectivity index (χ0v) is 17.5. The predicted octanol–water partition coefficient (Wildman–Crippen LogP) is 3.70. The molecular weight excluding hydrogens is 415 g/mol. The number of amides is 2. The van der Waals surface area contributed by atoms with E-state index in [0.29, 0.717) is 33.9 Å². The molecule has 3 aromatic rings. The van der Waals surface area contributed by atoms with Crippen LogP contribution in [0.4, 0.5) is 15.9 Å². The molecule has 1 aromatic heterocycles. The topological polar surface area (TPSA) is 102 Å². The van der Waals surface area contributed by atoms with E-state index in [-0.39, 0.29) is 24.8 Å². The first kappa shape index (κ1) is 21.2. The summed E-state index contributed by atoms with van der Waals surface area (Å²) in [5.41, 5.74) is 2.75. The molecule has 4 rings (SSSR count). The van der Waals surface area contributed by atoms with Gasteiger partial charge in [-0.1, -0.05) is 0 Å². The van der Waals surface area contributed by atoms with Gasteiger partial charge in [-0.25, -0.2) is 13.9 Å². The van der Waals surface area contributed by atoms with Crippen molar-refractivity contribution in [3.05, 3.63) is 65.5 Å². The number of ether oxygens (including phenoxy) is 1. The normalized spacial score (nSPS) is 15.0. The zero-order valence-electron chi connectivity index (χ0n) is 17.5. The summed E-state index contributed by atoms with van der Waals surface area (Å²) in [5.74, 6) is -1.10. The van der Waals surface area contributed by atoms with Crippen molar-refractivity contribution in [3.63, 3.8) is 0 Å². The summed E-state index contributed by atoms with van der Waals surface area (Å²) in [4.78, 5) is 37.1. The molecule has 8 nitrogen and oxygen atoms in total. The van der Waals surface area contributed by atoms with Crippen LogP contribution in [0.3, 0.4) is 0 Å². The Balaban J connectivity index is 1.59. The van der Waals surface area contributed by atoms with Crippen LogP contribution in [0.2, 0.25) is 0 Å². The van der Waals surface area contributed by atoms with E-state index in [2.05, 4.69) is 15.7 Å². The number of hydrogen-bond acceptors (Lipinski definition) is 5. The molecule has 1 aliphatic rings. The zero-order chi connectivity index (χ0) is 22.8. The number of carbonyl (C=O) groups excluding carboxylic acids is 3. The molecule has 0 fully saturated rings. The van der Waals surface area contributed by atoms with Gasteiger partial charge in [0.05, 0.1) is 24.3 Å². The Hall–Kier alpha value is -4.01. The molecule has 0 unspecified atom stereocenters. The van der Waals surface area contributed by atoms with Crippen molar-refractivity contribution in [2.24, 2.45) is 0 Å². The maximum Gasteiger partial charge on any atom is 0.338 e. The minimum Gasteiger partial charge on any atom is -0.462 e. The molecule has 0 saturated carbocycles. The lowest BCUT2D eigenvalue weighted by atomic mass is 10.1. The Morgan fingerprint density at radius 3 is 2.53 bits per heavy atom. The first-order chi connectivity index (χ1) is 15.4. The molecule has 0 bridgehead atoms. The van der Waals surface area contributed by atoms with Crippen molar-refractivity contribution < 1.29 is 23.5 Å². The second-order valence-corrected chi connectivity index (χ2v) is 7.33. The maximum absolute atomic E-state index is 13.3. The number of carbonyl (C=O) groups is 3. The molecule has 1 atom stereocenters. The Labute approximate surface area is 183 Å². The van der Waals surface area contributed by atoms with Gasteiger partial charge in [-0.15, -0.1) is 0 Å². The lowest BCUT2D eigenvalue weighted by molar-refractivity contribution is -0.125. The molecule has 2 aromatic carbocycles. The number of halogens is 1. The second kappa shape index (κ2) is 8.62. The fraction of sp³-hybridized carbons (Fsp3) is 0.217. The quantitative estimate of drug-likeness (QED) is 0.594. The Kier molecular flexibility index (Phi) is 5.72. The minimum absolute atomic E-state index is 0.0796. The van der Waals surface area contributed by atoms with Gasteiger partial charge in [-0.2, -0.15) is 5.10 Å². The van der Waals surface area contributed by atoms with Gasteiger partial charge in [0.15, 0.2) is 0 Å². The summed E-state index contributed by atoms with van der Waals surface area (Å²) >= 11 is 0. The van der Waals surface area contributed by atoms with Crippen molar-refractivity contribution in [1.82, 2.24) is 9.78 Å². The largest absolute Gasteiger partial charge is 0.462 e. The highest BCUT2D eigenvalue weighted by Crippen LogP contribution is 2.34.